The summed E-state index contributed by atoms with van der Waals surface area (Å²) in [7, 11) is 1.33. The van der Waals surface area contributed by atoms with Gasteiger partial charge in [-0.15, -0.1) is 11.6 Å². The van der Waals surface area contributed by atoms with E-state index < -0.39 is 11.6 Å². The number of carbonyl (C=O) groups is 2. The SMILES string of the molecule is COC(=O)c1ccc(OC[C@H]2[C@@H](Cl)CCN2C(=O)OC(C)(C)C)cc1. The first-order chi connectivity index (χ1) is 11.7. The van der Waals surface area contributed by atoms with Gasteiger partial charge < -0.3 is 19.1 Å². The highest BCUT2D eigenvalue weighted by atomic mass is 35.5. The quantitative estimate of drug-likeness (QED) is 0.600. The zero-order valence-corrected chi connectivity index (χ0v) is 15.7. The number of nitrogens with zero attached hydrogens (tertiary/aromatic N) is 1. The molecule has 7 heteroatoms. The van der Waals surface area contributed by atoms with Gasteiger partial charge in [-0.05, 0) is 51.5 Å². The van der Waals surface area contributed by atoms with Gasteiger partial charge in [-0.3, -0.25) is 0 Å². The highest BCUT2D eigenvalue weighted by Crippen LogP contribution is 2.26. The molecule has 2 rings (SSSR count). The van der Waals surface area contributed by atoms with Crippen molar-refractivity contribution in [2.75, 3.05) is 20.3 Å². The molecule has 2 atom stereocenters. The second-order valence-corrected chi connectivity index (χ2v) is 7.43. The van der Waals surface area contributed by atoms with Crippen molar-refractivity contribution >= 4 is 23.7 Å². The smallest absolute Gasteiger partial charge is 0.410 e. The van der Waals surface area contributed by atoms with E-state index in [2.05, 4.69) is 4.74 Å². The van der Waals surface area contributed by atoms with Gasteiger partial charge in [-0.25, -0.2) is 9.59 Å². The molecule has 0 spiro atoms. The maximum absolute atomic E-state index is 12.3. The number of halogens is 1. The standard InChI is InChI=1S/C18H24ClNO5/c1-18(2,3)25-17(22)20-10-9-14(19)15(20)11-24-13-7-5-12(6-8-13)16(21)23-4/h5-8,14-15H,9-11H2,1-4H3/t14-,15-/m0/s1. The Labute approximate surface area is 153 Å². The Morgan fingerprint density at radius 3 is 2.44 bits per heavy atom. The van der Waals surface area contributed by atoms with Gasteiger partial charge in [0.15, 0.2) is 0 Å². The number of hydrogen-bond donors (Lipinski definition) is 0. The van der Waals surface area contributed by atoms with Crippen LogP contribution in [0.4, 0.5) is 4.79 Å². The highest BCUT2D eigenvalue weighted by molar-refractivity contribution is 6.21. The van der Waals surface area contributed by atoms with Gasteiger partial charge in [-0.2, -0.15) is 0 Å². The molecule has 6 nitrogen and oxygen atoms in total. The van der Waals surface area contributed by atoms with Crippen LogP contribution in [0.1, 0.15) is 37.6 Å². The summed E-state index contributed by atoms with van der Waals surface area (Å²) in [5.74, 6) is 0.187. The molecule has 25 heavy (non-hydrogen) atoms. The summed E-state index contributed by atoms with van der Waals surface area (Å²) in [4.78, 5) is 25.4. The number of likely N-dealkylation sites (tertiary alicyclic amines) is 1. The Hall–Kier alpha value is -1.95. The van der Waals surface area contributed by atoms with E-state index in [1.54, 1.807) is 29.2 Å². The number of rotatable bonds is 4. The molecule has 1 heterocycles. The van der Waals surface area contributed by atoms with Gasteiger partial charge in [0.2, 0.25) is 0 Å². The highest BCUT2D eigenvalue weighted by Gasteiger charge is 2.38. The third-order valence-corrected chi connectivity index (χ3v) is 4.30. The molecule has 0 unspecified atom stereocenters. The van der Waals surface area contributed by atoms with Gasteiger partial charge >= 0.3 is 12.1 Å². The van der Waals surface area contributed by atoms with Crippen molar-refractivity contribution in [3.05, 3.63) is 29.8 Å². The zero-order valence-electron chi connectivity index (χ0n) is 15.0. The molecule has 0 bridgehead atoms. The molecule has 0 saturated carbocycles. The Morgan fingerprint density at radius 2 is 1.88 bits per heavy atom. The van der Waals surface area contributed by atoms with Crippen LogP contribution in [0.2, 0.25) is 0 Å². The summed E-state index contributed by atoms with van der Waals surface area (Å²) in [5, 5.41) is -0.193. The molecular weight excluding hydrogens is 346 g/mol. The van der Waals surface area contributed by atoms with Crippen molar-refractivity contribution in [2.45, 2.75) is 44.2 Å². The van der Waals surface area contributed by atoms with E-state index in [-0.39, 0.29) is 24.1 Å². The van der Waals surface area contributed by atoms with Crippen LogP contribution in [0.5, 0.6) is 5.75 Å². The van der Waals surface area contributed by atoms with Crippen molar-refractivity contribution in [1.29, 1.82) is 0 Å². The molecule has 1 saturated heterocycles. The molecule has 1 fully saturated rings. The van der Waals surface area contributed by atoms with Crippen molar-refractivity contribution in [1.82, 2.24) is 4.90 Å². The number of carbonyl (C=O) groups excluding carboxylic acids is 2. The fourth-order valence-electron chi connectivity index (χ4n) is 2.54. The lowest BCUT2D eigenvalue weighted by molar-refractivity contribution is 0.0188. The fourth-order valence-corrected chi connectivity index (χ4v) is 2.85. The predicted octanol–water partition coefficient (Wildman–Crippen LogP) is 3.47. The predicted molar refractivity (Wildman–Crippen MR) is 94.3 cm³/mol. The molecule has 138 valence electrons. The van der Waals surface area contributed by atoms with E-state index in [0.717, 1.165) is 0 Å². The maximum atomic E-state index is 12.3. The van der Waals surface area contributed by atoms with Gasteiger partial charge in [0.1, 0.15) is 18.0 Å². The minimum atomic E-state index is -0.559. The largest absolute Gasteiger partial charge is 0.491 e. The van der Waals surface area contributed by atoms with Gasteiger partial charge in [0, 0.05) is 6.54 Å². The summed E-state index contributed by atoms with van der Waals surface area (Å²) in [6, 6.07) is 6.35. The van der Waals surface area contributed by atoms with Gasteiger partial charge in [-0.1, -0.05) is 0 Å². The maximum Gasteiger partial charge on any atom is 0.410 e. The molecule has 1 aliphatic rings. The number of methoxy groups -OCH3 is 1. The summed E-state index contributed by atoms with van der Waals surface area (Å²) in [5.41, 5.74) is -0.113. The average molecular weight is 370 g/mol. The zero-order chi connectivity index (χ0) is 18.6. The van der Waals surface area contributed by atoms with E-state index in [0.29, 0.717) is 24.3 Å². The molecule has 0 aliphatic carbocycles. The summed E-state index contributed by atoms with van der Waals surface area (Å²) >= 11 is 6.35. The van der Waals surface area contributed by atoms with Gasteiger partial charge in [0.25, 0.3) is 0 Å². The molecule has 1 aromatic carbocycles. The number of hydrogen-bond acceptors (Lipinski definition) is 5. The van der Waals surface area contributed by atoms with E-state index >= 15 is 0 Å². The molecule has 0 aromatic heterocycles. The number of ether oxygens (including phenoxy) is 3. The second-order valence-electron chi connectivity index (χ2n) is 6.87. The molecule has 1 aromatic rings. The van der Waals surface area contributed by atoms with Crippen LogP contribution in [0.15, 0.2) is 24.3 Å². The van der Waals surface area contributed by atoms with Crippen LogP contribution in [0.25, 0.3) is 0 Å². The first kappa shape index (κ1) is 19.4. The third kappa shape index (κ3) is 5.26. The van der Waals surface area contributed by atoms with Crippen molar-refractivity contribution in [3.8, 4) is 5.75 Å². The number of esters is 1. The Kier molecular flexibility index (Phi) is 6.16. The Morgan fingerprint density at radius 1 is 1.24 bits per heavy atom. The molecular formula is C18H24ClNO5. The number of alkyl halides is 1. The molecule has 1 amide bonds. The van der Waals surface area contributed by atoms with E-state index in [4.69, 9.17) is 21.1 Å². The van der Waals surface area contributed by atoms with E-state index in [1.807, 2.05) is 20.8 Å². The molecule has 0 N–H and O–H groups in total. The van der Waals surface area contributed by atoms with Crippen LogP contribution in [0.3, 0.4) is 0 Å². The molecule has 0 radical (unpaired) electrons. The van der Waals surface area contributed by atoms with E-state index in [1.165, 1.54) is 7.11 Å². The third-order valence-electron chi connectivity index (χ3n) is 3.79. The fraction of sp³-hybridized carbons (Fsp3) is 0.556. The lowest BCUT2D eigenvalue weighted by Crippen LogP contribution is -2.44. The monoisotopic (exact) mass is 369 g/mol. The minimum absolute atomic E-state index is 0.193. The average Bonchev–Trinajstić information content (AvgIpc) is 2.92. The van der Waals surface area contributed by atoms with Crippen LogP contribution in [0, 0.1) is 0 Å². The first-order valence-electron chi connectivity index (χ1n) is 8.16. The van der Waals surface area contributed by atoms with Crippen LogP contribution < -0.4 is 4.74 Å². The summed E-state index contributed by atoms with van der Waals surface area (Å²) < 4.78 is 15.8. The first-order valence-corrected chi connectivity index (χ1v) is 8.60. The Bertz CT molecular complexity index is 611. The van der Waals surface area contributed by atoms with Crippen LogP contribution in [-0.2, 0) is 9.47 Å². The van der Waals surface area contributed by atoms with Crippen LogP contribution >= 0.6 is 11.6 Å². The molecule has 1 aliphatic heterocycles. The van der Waals surface area contributed by atoms with Crippen molar-refractivity contribution < 1.29 is 23.8 Å². The van der Waals surface area contributed by atoms with E-state index in [9.17, 15) is 9.59 Å². The summed E-state index contributed by atoms with van der Waals surface area (Å²) in [6.07, 6.45) is 0.307. The van der Waals surface area contributed by atoms with Crippen molar-refractivity contribution in [3.63, 3.8) is 0 Å². The topological polar surface area (TPSA) is 65.1 Å². The normalized spacial score (nSPS) is 20.3. The van der Waals surface area contributed by atoms with Crippen LogP contribution in [-0.4, -0.2) is 54.2 Å². The minimum Gasteiger partial charge on any atom is -0.491 e. The second kappa shape index (κ2) is 7.95. The Balaban J connectivity index is 1.97. The lowest BCUT2D eigenvalue weighted by atomic mass is 10.2. The number of amides is 1. The number of benzene rings is 1. The summed E-state index contributed by atoms with van der Waals surface area (Å²) in [6.45, 7) is 6.28. The van der Waals surface area contributed by atoms with Gasteiger partial charge in [0.05, 0.1) is 24.1 Å². The lowest BCUT2D eigenvalue weighted by Gasteiger charge is -2.29. The van der Waals surface area contributed by atoms with Crippen molar-refractivity contribution in [2.24, 2.45) is 0 Å².